The van der Waals surface area contributed by atoms with Crippen LogP contribution in [-0.4, -0.2) is 6.04 Å². The minimum absolute atomic E-state index is 0.508. The second-order valence-corrected chi connectivity index (χ2v) is 2.77. The lowest BCUT2D eigenvalue weighted by molar-refractivity contribution is 0.558. The van der Waals surface area contributed by atoms with Crippen LogP contribution in [0.25, 0.3) is 0 Å². The van der Waals surface area contributed by atoms with Crippen LogP contribution in [0.1, 0.15) is 26.7 Å². The second-order valence-electron chi connectivity index (χ2n) is 2.77. The van der Waals surface area contributed by atoms with Crippen LogP contribution in [0.15, 0.2) is 16.7 Å². The van der Waals surface area contributed by atoms with E-state index in [1.807, 2.05) is 6.07 Å². The third kappa shape index (κ3) is 2.66. The fraction of sp³-hybridized carbons (Fsp3) is 0.556. The summed E-state index contributed by atoms with van der Waals surface area (Å²) in [5.41, 5.74) is 0.950. The Labute approximate surface area is 67.6 Å². The minimum atomic E-state index is 0.508. The normalized spacial score (nSPS) is 12.9. The zero-order valence-corrected chi connectivity index (χ0v) is 7.05. The summed E-state index contributed by atoms with van der Waals surface area (Å²) in [5.74, 6) is 0. The molecule has 1 aromatic rings. The highest BCUT2D eigenvalue weighted by atomic mass is 16.3. The first-order valence-electron chi connectivity index (χ1n) is 4.04. The predicted molar refractivity (Wildman–Crippen MR) is 45.5 cm³/mol. The molecule has 2 nitrogen and oxygen atoms in total. The lowest BCUT2D eigenvalue weighted by Gasteiger charge is -2.10. The van der Waals surface area contributed by atoms with Gasteiger partial charge in [-0.15, -0.1) is 0 Å². The van der Waals surface area contributed by atoms with E-state index < -0.39 is 0 Å². The van der Waals surface area contributed by atoms with Crippen LogP contribution in [0.2, 0.25) is 0 Å². The molecule has 0 saturated carbocycles. The first kappa shape index (κ1) is 8.18. The fourth-order valence-corrected chi connectivity index (χ4v) is 1.08. The van der Waals surface area contributed by atoms with E-state index in [4.69, 9.17) is 4.42 Å². The molecule has 1 rings (SSSR count). The SMILES string of the molecule is CCCC(C)Nc1[c]occ1. The van der Waals surface area contributed by atoms with Crippen molar-refractivity contribution < 1.29 is 4.42 Å². The molecule has 0 amide bonds. The molecule has 0 aromatic carbocycles. The summed E-state index contributed by atoms with van der Waals surface area (Å²) < 4.78 is 4.81. The molecule has 1 N–H and O–H groups in total. The van der Waals surface area contributed by atoms with Gasteiger partial charge in [-0.1, -0.05) is 13.3 Å². The van der Waals surface area contributed by atoms with Crippen molar-refractivity contribution in [1.29, 1.82) is 0 Å². The summed E-state index contributed by atoms with van der Waals surface area (Å²) >= 11 is 0. The van der Waals surface area contributed by atoms with Crippen LogP contribution in [0.5, 0.6) is 0 Å². The Hall–Kier alpha value is -0.920. The van der Waals surface area contributed by atoms with E-state index in [-0.39, 0.29) is 0 Å². The highest BCUT2D eigenvalue weighted by Gasteiger charge is 2.00. The van der Waals surface area contributed by atoms with Gasteiger partial charge in [0.1, 0.15) is 0 Å². The molecule has 2 heteroatoms. The van der Waals surface area contributed by atoms with Gasteiger partial charge in [0, 0.05) is 12.1 Å². The monoisotopic (exact) mass is 152 g/mol. The molecule has 1 aromatic heterocycles. The van der Waals surface area contributed by atoms with Crippen molar-refractivity contribution in [2.45, 2.75) is 32.7 Å². The van der Waals surface area contributed by atoms with E-state index in [1.54, 1.807) is 6.26 Å². The van der Waals surface area contributed by atoms with Crippen molar-refractivity contribution in [3.05, 3.63) is 18.6 Å². The molecule has 0 fully saturated rings. The molecule has 0 aliphatic carbocycles. The highest BCUT2D eigenvalue weighted by Crippen LogP contribution is 2.09. The van der Waals surface area contributed by atoms with E-state index >= 15 is 0 Å². The fourth-order valence-electron chi connectivity index (χ4n) is 1.08. The summed E-state index contributed by atoms with van der Waals surface area (Å²) in [6.45, 7) is 4.33. The number of furan rings is 1. The van der Waals surface area contributed by atoms with Crippen LogP contribution >= 0.6 is 0 Å². The van der Waals surface area contributed by atoms with Crippen LogP contribution in [0, 0.1) is 6.26 Å². The van der Waals surface area contributed by atoms with Gasteiger partial charge in [-0.3, -0.25) is 0 Å². The molecule has 0 spiro atoms. The van der Waals surface area contributed by atoms with Crippen LogP contribution in [-0.2, 0) is 0 Å². The van der Waals surface area contributed by atoms with E-state index in [2.05, 4.69) is 25.4 Å². The zero-order chi connectivity index (χ0) is 8.10. The largest absolute Gasteiger partial charge is 0.459 e. The molecule has 1 heterocycles. The number of hydrogen-bond acceptors (Lipinski definition) is 2. The summed E-state index contributed by atoms with van der Waals surface area (Å²) in [7, 11) is 0. The first-order chi connectivity index (χ1) is 5.33. The molecule has 0 aliphatic heterocycles. The summed E-state index contributed by atoms with van der Waals surface area (Å²) in [6.07, 6.45) is 6.75. The van der Waals surface area contributed by atoms with Gasteiger partial charge < -0.3 is 9.73 Å². The molecule has 0 aliphatic rings. The molecule has 1 atom stereocenters. The average molecular weight is 152 g/mol. The van der Waals surface area contributed by atoms with Gasteiger partial charge in [-0.05, 0) is 13.3 Å². The Bertz CT molecular complexity index is 181. The third-order valence-corrected chi connectivity index (χ3v) is 1.60. The molecule has 0 bridgehead atoms. The minimum Gasteiger partial charge on any atom is -0.459 e. The Balaban J connectivity index is 2.31. The van der Waals surface area contributed by atoms with Crippen molar-refractivity contribution in [2.75, 3.05) is 5.32 Å². The van der Waals surface area contributed by atoms with Gasteiger partial charge in [-0.2, -0.15) is 0 Å². The average Bonchev–Trinajstić information content (AvgIpc) is 2.40. The van der Waals surface area contributed by atoms with Crippen molar-refractivity contribution in [3.63, 3.8) is 0 Å². The predicted octanol–water partition coefficient (Wildman–Crippen LogP) is 2.68. The molecular formula is C9H14NO. The maximum absolute atomic E-state index is 4.81. The summed E-state index contributed by atoms with van der Waals surface area (Å²) in [5, 5.41) is 3.27. The lowest BCUT2D eigenvalue weighted by Crippen LogP contribution is -2.13. The van der Waals surface area contributed by atoms with E-state index in [9.17, 15) is 0 Å². The van der Waals surface area contributed by atoms with Gasteiger partial charge in [-0.25, -0.2) is 0 Å². The molecule has 0 saturated heterocycles. The molecule has 61 valence electrons. The van der Waals surface area contributed by atoms with Gasteiger partial charge in [0.15, 0.2) is 6.26 Å². The molecule has 11 heavy (non-hydrogen) atoms. The highest BCUT2D eigenvalue weighted by molar-refractivity contribution is 5.38. The second kappa shape index (κ2) is 4.06. The van der Waals surface area contributed by atoms with Gasteiger partial charge in [0.25, 0.3) is 0 Å². The van der Waals surface area contributed by atoms with Gasteiger partial charge in [0.05, 0.1) is 12.0 Å². The number of hydrogen-bond donors (Lipinski definition) is 1. The van der Waals surface area contributed by atoms with Gasteiger partial charge in [0.2, 0.25) is 0 Å². The van der Waals surface area contributed by atoms with Crippen molar-refractivity contribution >= 4 is 5.69 Å². The van der Waals surface area contributed by atoms with Crippen LogP contribution < -0.4 is 5.32 Å². The Kier molecular flexibility index (Phi) is 3.02. The first-order valence-corrected chi connectivity index (χ1v) is 4.04. The van der Waals surface area contributed by atoms with Crippen molar-refractivity contribution in [2.24, 2.45) is 0 Å². The Morgan fingerprint density at radius 3 is 3.09 bits per heavy atom. The topological polar surface area (TPSA) is 25.2 Å². The maximum Gasteiger partial charge on any atom is 0.194 e. The molecular weight excluding hydrogens is 138 g/mol. The quantitative estimate of drug-likeness (QED) is 0.717. The van der Waals surface area contributed by atoms with Crippen LogP contribution in [0.3, 0.4) is 0 Å². The maximum atomic E-state index is 4.81. The van der Waals surface area contributed by atoms with Gasteiger partial charge >= 0.3 is 0 Å². The van der Waals surface area contributed by atoms with E-state index in [1.165, 1.54) is 12.8 Å². The Morgan fingerprint density at radius 1 is 1.73 bits per heavy atom. The van der Waals surface area contributed by atoms with Crippen LogP contribution in [0.4, 0.5) is 5.69 Å². The number of rotatable bonds is 4. The number of nitrogens with one attached hydrogen (secondary N) is 1. The smallest absolute Gasteiger partial charge is 0.194 e. The number of anilines is 1. The molecule has 1 unspecified atom stereocenters. The summed E-state index contributed by atoms with van der Waals surface area (Å²) in [6, 6.07) is 2.39. The standard InChI is InChI=1S/C9H14NO/c1-3-4-8(2)10-9-5-6-11-7-9/h5-6,8,10H,3-4H2,1-2H3. The third-order valence-electron chi connectivity index (χ3n) is 1.60. The zero-order valence-electron chi connectivity index (χ0n) is 7.05. The lowest BCUT2D eigenvalue weighted by atomic mass is 10.2. The van der Waals surface area contributed by atoms with E-state index in [0.717, 1.165) is 5.69 Å². The Morgan fingerprint density at radius 2 is 2.55 bits per heavy atom. The van der Waals surface area contributed by atoms with E-state index in [0.29, 0.717) is 6.04 Å². The van der Waals surface area contributed by atoms with Crippen molar-refractivity contribution in [1.82, 2.24) is 0 Å². The summed E-state index contributed by atoms with van der Waals surface area (Å²) in [4.78, 5) is 0. The molecule has 1 radical (unpaired) electrons. The van der Waals surface area contributed by atoms with Crippen molar-refractivity contribution in [3.8, 4) is 0 Å².